The normalized spacial score (nSPS) is 19.7. The topological polar surface area (TPSA) is 37.3 Å². The van der Waals surface area contributed by atoms with Gasteiger partial charge in [0.15, 0.2) is 0 Å². The lowest BCUT2D eigenvalue weighted by atomic mass is 9.90. The van der Waals surface area contributed by atoms with Crippen LogP contribution in [0.2, 0.25) is 0 Å². The van der Waals surface area contributed by atoms with Crippen molar-refractivity contribution in [2.75, 3.05) is 0 Å². The summed E-state index contributed by atoms with van der Waals surface area (Å²) in [4.78, 5) is 1.64. The van der Waals surface area contributed by atoms with Gasteiger partial charge in [-0.25, -0.2) is 4.21 Å². The van der Waals surface area contributed by atoms with Gasteiger partial charge in [-0.1, -0.05) is 24.3 Å². The van der Waals surface area contributed by atoms with Gasteiger partial charge in [-0.3, -0.25) is 0 Å². The molecule has 0 amide bonds. The standard InChI is InChI=1S/C16H16O2S/c17-16-8-4-5-12-11-14(9-10-15(12)16)19(18)13-6-2-1-3-7-13/h1-3,6-7,9-11,16-17H,4-5,8H2. The van der Waals surface area contributed by atoms with Gasteiger partial charge in [0.05, 0.1) is 16.9 Å². The van der Waals surface area contributed by atoms with Gasteiger partial charge in [0.2, 0.25) is 0 Å². The molecule has 98 valence electrons. The van der Waals surface area contributed by atoms with Gasteiger partial charge in [0.1, 0.15) is 0 Å². The largest absolute Gasteiger partial charge is 0.388 e. The average Bonchev–Trinajstić information content (AvgIpc) is 2.47. The summed E-state index contributed by atoms with van der Waals surface area (Å²) in [6.07, 6.45) is 2.43. The second-order valence-electron chi connectivity index (χ2n) is 4.85. The summed E-state index contributed by atoms with van der Waals surface area (Å²) in [6.45, 7) is 0. The van der Waals surface area contributed by atoms with E-state index in [2.05, 4.69) is 0 Å². The molecule has 0 fully saturated rings. The summed E-state index contributed by atoms with van der Waals surface area (Å²) < 4.78 is 12.5. The molecule has 2 unspecified atom stereocenters. The highest BCUT2D eigenvalue weighted by molar-refractivity contribution is 7.85. The molecule has 2 atom stereocenters. The van der Waals surface area contributed by atoms with Crippen molar-refractivity contribution in [2.45, 2.75) is 35.2 Å². The maximum atomic E-state index is 12.5. The minimum absolute atomic E-state index is 0.358. The number of aryl methyl sites for hydroxylation is 1. The summed E-state index contributed by atoms with van der Waals surface area (Å²) in [7, 11) is -1.14. The van der Waals surface area contributed by atoms with Crippen molar-refractivity contribution >= 4 is 10.8 Å². The van der Waals surface area contributed by atoms with E-state index in [1.165, 1.54) is 0 Å². The molecule has 3 rings (SSSR count). The average molecular weight is 272 g/mol. The first-order valence-corrected chi connectivity index (χ1v) is 7.68. The van der Waals surface area contributed by atoms with E-state index in [0.717, 1.165) is 40.2 Å². The Morgan fingerprint density at radius 1 is 1.05 bits per heavy atom. The predicted octanol–water partition coefficient (Wildman–Crippen LogP) is 3.22. The van der Waals surface area contributed by atoms with Crippen molar-refractivity contribution in [3.8, 4) is 0 Å². The van der Waals surface area contributed by atoms with Crippen molar-refractivity contribution in [3.63, 3.8) is 0 Å². The molecule has 2 nitrogen and oxygen atoms in total. The van der Waals surface area contributed by atoms with Crippen molar-refractivity contribution in [3.05, 3.63) is 59.7 Å². The van der Waals surface area contributed by atoms with Crippen LogP contribution in [0.1, 0.15) is 30.1 Å². The lowest BCUT2D eigenvalue weighted by Crippen LogP contribution is -2.09. The molecule has 0 aromatic heterocycles. The first-order valence-electron chi connectivity index (χ1n) is 6.53. The van der Waals surface area contributed by atoms with E-state index in [4.69, 9.17) is 0 Å². The van der Waals surface area contributed by atoms with Gasteiger partial charge in [-0.2, -0.15) is 0 Å². The molecule has 0 aliphatic heterocycles. The van der Waals surface area contributed by atoms with Crippen molar-refractivity contribution < 1.29 is 9.32 Å². The maximum Gasteiger partial charge on any atom is 0.0849 e. The smallest absolute Gasteiger partial charge is 0.0849 e. The van der Waals surface area contributed by atoms with E-state index in [1.54, 1.807) is 0 Å². The molecule has 3 heteroatoms. The third-order valence-electron chi connectivity index (χ3n) is 3.57. The lowest BCUT2D eigenvalue weighted by molar-refractivity contribution is 0.156. The Bertz CT molecular complexity index is 607. The minimum Gasteiger partial charge on any atom is -0.388 e. The molecule has 0 radical (unpaired) electrons. The Labute approximate surface area is 115 Å². The Hall–Kier alpha value is -1.45. The van der Waals surface area contributed by atoms with Gasteiger partial charge in [0.25, 0.3) is 0 Å². The fraction of sp³-hybridized carbons (Fsp3) is 0.250. The third kappa shape index (κ3) is 2.48. The van der Waals surface area contributed by atoms with Crippen LogP contribution in [0.4, 0.5) is 0 Å². The van der Waals surface area contributed by atoms with E-state index in [1.807, 2.05) is 48.5 Å². The van der Waals surface area contributed by atoms with Crippen molar-refractivity contribution in [1.82, 2.24) is 0 Å². The highest BCUT2D eigenvalue weighted by Gasteiger charge is 2.19. The first-order chi connectivity index (χ1) is 9.25. The Balaban J connectivity index is 1.97. The van der Waals surface area contributed by atoms with Crippen LogP contribution in [0.15, 0.2) is 58.3 Å². The minimum atomic E-state index is -1.14. The molecule has 19 heavy (non-hydrogen) atoms. The quantitative estimate of drug-likeness (QED) is 0.911. The van der Waals surface area contributed by atoms with Crippen LogP contribution in [-0.2, 0) is 17.2 Å². The second-order valence-corrected chi connectivity index (χ2v) is 6.33. The van der Waals surface area contributed by atoms with Crippen LogP contribution < -0.4 is 0 Å². The van der Waals surface area contributed by atoms with E-state index in [9.17, 15) is 9.32 Å². The zero-order valence-electron chi connectivity index (χ0n) is 10.6. The summed E-state index contributed by atoms with van der Waals surface area (Å²) >= 11 is 0. The second kappa shape index (κ2) is 5.27. The summed E-state index contributed by atoms with van der Waals surface area (Å²) in [5.74, 6) is 0. The fourth-order valence-electron chi connectivity index (χ4n) is 2.56. The van der Waals surface area contributed by atoms with Crippen LogP contribution in [0.25, 0.3) is 0 Å². The molecule has 0 saturated carbocycles. The third-order valence-corrected chi connectivity index (χ3v) is 4.95. The summed E-state index contributed by atoms with van der Waals surface area (Å²) in [5, 5.41) is 9.93. The number of rotatable bonds is 2. The molecule has 1 aliphatic carbocycles. The van der Waals surface area contributed by atoms with E-state index in [-0.39, 0.29) is 6.10 Å². The molecule has 2 aromatic rings. The Morgan fingerprint density at radius 3 is 2.63 bits per heavy atom. The van der Waals surface area contributed by atoms with E-state index < -0.39 is 10.8 Å². The lowest BCUT2D eigenvalue weighted by Gasteiger charge is -2.21. The zero-order valence-corrected chi connectivity index (χ0v) is 11.4. The molecule has 0 heterocycles. The predicted molar refractivity (Wildman–Crippen MR) is 75.5 cm³/mol. The van der Waals surface area contributed by atoms with Gasteiger partial charge in [0, 0.05) is 9.79 Å². The van der Waals surface area contributed by atoms with Gasteiger partial charge >= 0.3 is 0 Å². The van der Waals surface area contributed by atoms with E-state index >= 15 is 0 Å². The maximum absolute atomic E-state index is 12.5. The van der Waals surface area contributed by atoms with Crippen molar-refractivity contribution in [1.29, 1.82) is 0 Å². The molecule has 1 N–H and O–H groups in total. The van der Waals surface area contributed by atoms with Crippen LogP contribution in [0.3, 0.4) is 0 Å². The summed E-state index contributed by atoms with van der Waals surface area (Å²) in [5.41, 5.74) is 2.14. The van der Waals surface area contributed by atoms with Gasteiger partial charge in [-0.15, -0.1) is 0 Å². The van der Waals surface area contributed by atoms with Gasteiger partial charge in [-0.05, 0) is 54.7 Å². The highest BCUT2D eigenvalue weighted by Crippen LogP contribution is 2.31. The molecular weight excluding hydrogens is 256 g/mol. The number of aliphatic hydroxyl groups excluding tert-OH is 1. The first kappa shape index (κ1) is 12.6. The van der Waals surface area contributed by atoms with Crippen LogP contribution in [0, 0.1) is 0 Å². The SMILES string of the molecule is O=S(c1ccccc1)c1ccc2c(c1)CCCC2O. The monoisotopic (exact) mass is 272 g/mol. The number of aliphatic hydroxyl groups is 1. The molecule has 0 spiro atoms. The summed E-state index contributed by atoms with van der Waals surface area (Å²) in [6, 6.07) is 15.3. The molecule has 1 aliphatic rings. The number of hydrogen-bond donors (Lipinski definition) is 1. The Morgan fingerprint density at radius 2 is 1.84 bits per heavy atom. The molecular formula is C16H16O2S. The fourth-order valence-corrected chi connectivity index (χ4v) is 3.68. The van der Waals surface area contributed by atoms with E-state index in [0.29, 0.717) is 0 Å². The number of benzene rings is 2. The highest BCUT2D eigenvalue weighted by atomic mass is 32.2. The molecule has 2 aromatic carbocycles. The molecule has 0 bridgehead atoms. The Kier molecular flexibility index (Phi) is 3.49. The van der Waals surface area contributed by atoms with Crippen LogP contribution in [-0.4, -0.2) is 9.32 Å². The zero-order chi connectivity index (χ0) is 13.2. The number of hydrogen-bond acceptors (Lipinski definition) is 2. The van der Waals surface area contributed by atoms with Crippen molar-refractivity contribution in [2.24, 2.45) is 0 Å². The van der Waals surface area contributed by atoms with Crippen LogP contribution >= 0.6 is 0 Å². The van der Waals surface area contributed by atoms with Crippen LogP contribution in [0.5, 0.6) is 0 Å². The van der Waals surface area contributed by atoms with Gasteiger partial charge < -0.3 is 5.11 Å². The number of fused-ring (bicyclic) bond motifs is 1. The molecule has 0 saturated heterocycles.